The zero-order valence-electron chi connectivity index (χ0n) is 10.2. The van der Waals surface area contributed by atoms with E-state index in [0.29, 0.717) is 17.9 Å². The van der Waals surface area contributed by atoms with Crippen LogP contribution >= 0.6 is 0 Å². The van der Waals surface area contributed by atoms with Crippen LogP contribution in [0.1, 0.15) is 30.9 Å². The van der Waals surface area contributed by atoms with E-state index >= 15 is 0 Å². The van der Waals surface area contributed by atoms with Crippen molar-refractivity contribution >= 4 is 0 Å². The summed E-state index contributed by atoms with van der Waals surface area (Å²) in [4.78, 5) is 0. The molecule has 1 N–H and O–H groups in total. The molecule has 0 aromatic heterocycles. The Labute approximate surface area is 101 Å². The summed E-state index contributed by atoms with van der Waals surface area (Å²) in [5, 5.41) is 3.30. The monoisotopic (exact) mass is 239 g/mol. The molecule has 1 saturated heterocycles. The van der Waals surface area contributed by atoms with Crippen LogP contribution < -0.4 is 5.32 Å². The number of halogens is 2. The second-order valence-corrected chi connectivity index (χ2v) is 4.82. The smallest absolute Gasteiger partial charge is 0.162 e. The Morgan fingerprint density at radius 3 is 2.82 bits per heavy atom. The summed E-state index contributed by atoms with van der Waals surface area (Å²) in [5.74, 6) is -0.930. The fourth-order valence-corrected chi connectivity index (χ4v) is 2.47. The minimum absolute atomic E-state index is 0.435. The average Bonchev–Trinajstić information content (AvgIpc) is 2.36. The normalized spacial score (nSPS) is 20.5. The van der Waals surface area contributed by atoms with Crippen molar-refractivity contribution in [1.29, 1.82) is 0 Å². The maximum absolute atomic E-state index is 13.7. The van der Waals surface area contributed by atoms with Gasteiger partial charge in [0, 0.05) is 0 Å². The first kappa shape index (κ1) is 12.5. The number of rotatable bonds is 3. The standard InChI is InChI=1S/C14H19F2N/c1-2-10-6-12(14(16)13(15)8-10)7-11-4-3-5-17-9-11/h6,8,11,17H,2-5,7,9H2,1H3. The fourth-order valence-electron chi connectivity index (χ4n) is 2.47. The minimum Gasteiger partial charge on any atom is -0.316 e. The molecule has 0 radical (unpaired) electrons. The molecule has 1 aliphatic rings. The summed E-state index contributed by atoms with van der Waals surface area (Å²) in [6, 6.07) is 3.12. The third-order valence-corrected chi connectivity index (χ3v) is 3.48. The van der Waals surface area contributed by atoms with E-state index in [9.17, 15) is 8.78 Å². The number of benzene rings is 1. The lowest BCUT2D eigenvalue weighted by molar-refractivity contribution is 0.369. The Bertz CT molecular complexity index is 384. The first-order valence-electron chi connectivity index (χ1n) is 6.38. The molecule has 1 aromatic carbocycles. The largest absolute Gasteiger partial charge is 0.316 e. The summed E-state index contributed by atoms with van der Waals surface area (Å²) in [5.41, 5.74) is 1.42. The van der Waals surface area contributed by atoms with Gasteiger partial charge in [0.1, 0.15) is 0 Å². The molecule has 1 atom stereocenters. The van der Waals surface area contributed by atoms with Gasteiger partial charge in [-0.1, -0.05) is 13.0 Å². The van der Waals surface area contributed by atoms with Gasteiger partial charge in [0.05, 0.1) is 0 Å². The van der Waals surface area contributed by atoms with Crippen molar-refractivity contribution in [1.82, 2.24) is 5.32 Å². The molecule has 0 bridgehead atoms. The van der Waals surface area contributed by atoms with Gasteiger partial charge in [0.15, 0.2) is 11.6 Å². The van der Waals surface area contributed by atoms with Crippen LogP contribution in [0.15, 0.2) is 12.1 Å². The molecule has 1 nitrogen and oxygen atoms in total. The van der Waals surface area contributed by atoms with Gasteiger partial charge in [-0.05, 0) is 61.9 Å². The van der Waals surface area contributed by atoms with Gasteiger partial charge < -0.3 is 5.32 Å². The Balaban J connectivity index is 2.15. The van der Waals surface area contributed by atoms with Gasteiger partial charge in [-0.3, -0.25) is 0 Å². The molecular formula is C14H19F2N. The Morgan fingerprint density at radius 2 is 2.18 bits per heavy atom. The van der Waals surface area contributed by atoms with Crippen LogP contribution in [0.25, 0.3) is 0 Å². The average molecular weight is 239 g/mol. The van der Waals surface area contributed by atoms with Crippen molar-refractivity contribution in [2.24, 2.45) is 5.92 Å². The number of hydrogen-bond acceptors (Lipinski definition) is 1. The lowest BCUT2D eigenvalue weighted by Gasteiger charge is -2.23. The van der Waals surface area contributed by atoms with Gasteiger partial charge in [-0.15, -0.1) is 0 Å². The summed E-state index contributed by atoms with van der Waals surface area (Å²) in [6.45, 7) is 3.92. The molecule has 1 heterocycles. The SMILES string of the molecule is CCc1cc(F)c(F)c(CC2CCCNC2)c1. The van der Waals surface area contributed by atoms with E-state index in [2.05, 4.69) is 5.32 Å². The maximum atomic E-state index is 13.7. The molecule has 94 valence electrons. The van der Waals surface area contributed by atoms with Gasteiger partial charge in [-0.25, -0.2) is 8.78 Å². The predicted octanol–water partition coefficient (Wildman–Crippen LogP) is 3.07. The molecule has 0 amide bonds. The second kappa shape index (κ2) is 5.58. The van der Waals surface area contributed by atoms with Gasteiger partial charge >= 0.3 is 0 Å². The van der Waals surface area contributed by atoms with E-state index in [1.807, 2.05) is 13.0 Å². The van der Waals surface area contributed by atoms with Gasteiger partial charge in [0.25, 0.3) is 0 Å². The summed E-state index contributed by atoms with van der Waals surface area (Å²) in [6.07, 6.45) is 3.61. The highest BCUT2D eigenvalue weighted by molar-refractivity contribution is 5.27. The zero-order chi connectivity index (χ0) is 12.3. The highest BCUT2D eigenvalue weighted by Gasteiger charge is 2.17. The number of piperidine rings is 1. The fraction of sp³-hybridized carbons (Fsp3) is 0.571. The topological polar surface area (TPSA) is 12.0 Å². The maximum Gasteiger partial charge on any atom is 0.162 e. The third-order valence-electron chi connectivity index (χ3n) is 3.48. The molecular weight excluding hydrogens is 220 g/mol. The Hall–Kier alpha value is -0.960. The quantitative estimate of drug-likeness (QED) is 0.854. The van der Waals surface area contributed by atoms with E-state index in [0.717, 1.165) is 37.9 Å². The third kappa shape index (κ3) is 3.03. The van der Waals surface area contributed by atoms with Crippen LogP contribution in [0.2, 0.25) is 0 Å². The van der Waals surface area contributed by atoms with Crippen LogP contribution in [0.4, 0.5) is 8.78 Å². The van der Waals surface area contributed by atoms with Crippen LogP contribution in [-0.2, 0) is 12.8 Å². The Morgan fingerprint density at radius 1 is 1.35 bits per heavy atom. The summed E-state index contributed by atoms with van der Waals surface area (Å²) < 4.78 is 27.1. The molecule has 1 aromatic rings. The van der Waals surface area contributed by atoms with Crippen LogP contribution in [-0.4, -0.2) is 13.1 Å². The summed E-state index contributed by atoms with van der Waals surface area (Å²) in [7, 11) is 0. The van der Waals surface area contributed by atoms with Crippen molar-refractivity contribution in [3.05, 3.63) is 34.9 Å². The van der Waals surface area contributed by atoms with Crippen LogP contribution in [0.5, 0.6) is 0 Å². The van der Waals surface area contributed by atoms with E-state index in [1.165, 1.54) is 6.07 Å². The lowest BCUT2D eigenvalue weighted by atomic mass is 9.91. The van der Waals surface area contributed by atoms with E-state index in [1.54, 1.807) is 0 Å². The van der Waals surface area contributed by atoms with Crippen molar-refractivity contribution in [2.75, 3.05) is 13.1 Å². The second-order valence-electron chi connectivity index (χ2n) is 4.82. The molecule has 1 aliphatic heterocycles. The highest BCUT2D eigenvalue weighted by Crippen LogP contribution is 2.22. The highest BCUT2D eigenvalue weighted by atomic mass is 19.2. The molecule has 1 unspecified atom stereocenters. The van der Waals surface area contributed by atoms with E-state index < -0.39 is 11.6 Å². The van der Waals surface area contributed by atoms with Crippen molar-refractivity contribution in [3.63, 3.8) is 0 Å². The number of nitrogens with one attached hydrogen (secondary N) is 1. The molecule has 2 rings (SSSR count). The predicted molar refractivity (Wildman–Crippen MR) is 65.0 cm³/mol. The number of hydrogen-bond donors (Lipinski definition) is 1. The molecule has 0 saturated carbocycles. The molecule has 17 heavy (non-hydrogen) atoms. The van der Waals surface area contributed by atoms with Crippen molar-refractivity contribution < 1.29 is 8.78 Å². The minimum atomic E-state index is -0.705. The molecule has 3 heteroatoms. The summed E-state index contributed by atoms with van der Waals surface area (Å²) >= 11 is 0. The van der Waals surface area contributed by atoms with E-state index in [-0.39, 0.29) is 0 Å². The van der Waals surface area contributed by atoms with Crippen molar-refractivity contribution in [2.45, 2.75) is 32.6 Å². The van der Waals surface area contributed by atoms with Crippen LogP contribution in [0.3, 0.4) is 0 Å². The van der Waals surface area contributed by atoms with E-state index in [4.69, 9.17) is 0 Å². The van der Waals surface area contributed by atoms with Gasteiger partial charge in [-0.2, -0.15) is 0 Å². The zero-order valence-corrected chi connectivity index (χ0v) is 10.2. The van der Waals surface area contributed by atoms with Crippen LogP contribution in [0, 0.1) is 17.6 Å². The lowest BCUT2D eigenvalue weighted by Crippen LogP contribution is -2.31. The Kier molecular flexibility index (Phi) is 4.11. The molecule has 0 spiro atoms. The first-order chi connectivity index (χ1) is 8.20. The molecule has 0 aliphatic carbocycles. The molecule has 1 fully saturated rings. The first-order valence-corrected chi connectivity index (χ1v) is 6.38. The number of aryl methyl sites for hydroxylation is 1. The van der Waals surface area contributed by atoms with Crippen molar-refractivity contribution in [3.8, 4) is 0 Å². The van der Waals surface area contributed by atoms with Gasteiger partial charge in [0.2, 0.25) is 0 Å².